The first kappa shape index (κ1) is 18.0. The Labute approximate surface area is 172 Å². The number of benzene rings is 3. The van der Waals surface area contributed by atoms with Gasteiger partial charge in [-0.05, 0) is 41.8 Å². The van der Waals surface area contributed by atoms with Gasteiger partial charge in [0, 0.05) is 24.6 Å². The van der Waals surface area contributed by atoms with Crippen molar-refractivity contribution in [2.24, 2.45) is 7.05 Å². The maximum atomic E-state index is 11.1. The van der Waals surface area contributed by atoms with Gasteiger partial charge in [0.05, 0.1) is 21.5 Å². The lowest BCUT2D eigenvalue weighted by Gasteiger charge is -2.11. The molecule has 2 heterocycles. The van der Waals surface area contributed by atoms with Crippen molar-refractivity contribution < 1.29 is 4.92 Å². The second-order valence-corrected chi connectivity index (χ2v) is 7.37. The molecule has 0 spiro atoms. The summed E-state index contributed by atoms with van der Waals surface area (Å²) in [4.78, 5) is 20.3. The Morgan fingerprint density at radius 1 is 0.900 bits per heavy atom. The van der Waals surface area contributed by atoms with Crippen LogP contribution in [0.1, 0.15) is 5.56 Å². The van der Waals surface area contributed by atoms with Gasteiger partial charge in [-0.25, -0.2) is 9.97 Å². The van der Waals surface area contributed by atoms with E-state index in [1.807, 2.05) is 42.8 Å². The van der Waals surface area contributed by atoms with E-state index < -0.39 is 4.92 Å². The Morgan fingerprint density at radius 2 is 1.70 bits per heavy atom. The van der Waals surface area contributed by atoms with E-state index in [1.165, 1.54) is 12.1 Å². The van der Waals surface area contributed by atoms with Gasteiger partial charge >= 0.3 is 0 Å². The number of nitro groups is 1. The minimum atomic E-state index is -0.404. The summed E-state index contributed by atoms with van der Waals surface area (Å²) in [5.74, 6) is 0.672. The van der Waals surface area contributed by atoms with Crippen LogP contribution in [0.3, 0.4) is 0 Å². The zero-order valence-electron chi connectivity index (χ0n) is 16.5. The quantitative estimate of drug-likeness (QED) is 0.292. The molecule has 0 aliphatic carbocycles. The molecule has 0 N–H and O–H groups in total. The van der Waals surface area contributed by atoms with E-state index in [0.717, 1.165) is 38.8 Å². The highest BCUT2D eigenvalue weighted by atomic mass is 16.6. The van der Waals surface area contributed by atoms with Crippen LogP contribution in [-0.4, -0.2) is 19.5 Å². The van der Waals surface area contributed by atoms with E-state index in [2.05, 4.69) is 35.3 Å². The van der Waals surface area contributed by atoms with Crippen LogP contribution in [0.4, 0.5) is 5.69 Å². The molecule has 0 aliphatic heterocycles. The lowest BCUT2D eigenvalue weighted by molar-refractivity contribution is -0.384. The average Bonchev–Trinajstić information content (AvgIpc) is 3.09. The number of pyridine rings is 1. The second-order valence-electron chi connectivity index (χ2n) is 7.37. The van der Waals surface area contributed by atoms with Crippen molar-refractivity contribution in [1.82, 2.24) is 14.5 Å². The molecule has 0 bridgehead atoms. The molecule has 0 unspecified atom stereocenters. The number of non-ortho nitro benzene ring substituents is 1. The van der Waals surface area contributed by atoms with Crippen molar-refractivity contribution in [1.29, 1.82) is 0 Å². The molecular weight excluding hydrogens is 376 g/mol. The van der Waals surface area contributed by atoms with Crippen LogP contribution in [-0.2, 0) is 7.05 Å². The molecule has 0 aliphatic rings. The fourth-order valence-electron chi connectivity index (χ4n) is 3.84. The molecule has 2 aromatic heterocycles. The second kappa shape index (κ2) is 6.77. The number of aromatic nitrogens is 3. The number of imidazole rings is 1. The summed E-state index contributed by atoms with van der Waals surface area (Å²) in [6.45, 7) is 2.05. The van der Waals surface area contributed by atoms with E-state index in [1.54, 1.807) is 6.07 Å². The monoisotopic (exact) mass is 394 g/mol. The fraction of sp³-hybridized carbons (Fsp3) is 0.0833. The molecule has 6 nitrogen and oxygen atoms in total. The summed E-state index contributed by atoms with van der Waals surface area (Å²) < 4.78 is 1.93. The Morgan fingerprint density at radius 3 is 2.47 bits per heavy atom. The summed E-state index contributed by atoms with van der Waals surface area (Å²) in [6.07, 6.45) is 0. The molecule has 30 heavy (non-hydrogen) atoms. The minimum absolute atomic E-state index is 0.0271. The van der Waals surface area contributed by atoms with Crippen LogP contribution in [0.5, 0.6) is 0 Å². The molecule has 0 saturated heterocycles. The molecule has 5 rings (SSSR count). The third-order valence-corrected chi connectivity index (χ3v) is 5.35. The van der Waals surface area contributed by atoms with E-state index in [4.69, 9.17) is 4.98 Å². The van der Waals surface area contributed by atoms with Crippen molar-refractivity contribution in [3.63, 3.8) is 0 Å². The zero-order chi connectivity index (χ0) is 20.8. The van der Waals surface area contributed by atoms with Crippen molar-refractivity contribution >= 4 is 27.6 Å². The van der Waals surface area contributed by atoms with E-state index in [9.17, 15) is 10.1 Å². The first-order valence-corrected chi connectivity index (χ1v) is 9.59. The smallest absolute Gasteiger partial charge is 0.271 e. The highest BCUT2D eigenvalue weighted by Crippen LogP contribution is 2.33. The first-order valence-electron chi connectivity index (χ1n) is 9.59. The Bertz CT molecular complexity index is 1440. The van der Waals surface area contributed by atoms with Crippen LogP contribution in [0.25, 0.3) is 44.6 Å². The Kier molecular flexibility index (Phi) is 4.06. The van der Waals surface area contributed by atoms with E-state index >= 15 is 0 Å². The van der Waals surface area contributed by atoms with Crippen LogP contribution in [0.2, 0.25) is 0 Å². The molecule has 0 saturated carbocycles. The Balaban J connectivity index is 1.79. The summed E-state index contributed by atoms with van der Waals surface area (Å²) >= 11 is 0. The molecule has 146 valence electrons. The third kappa shape index (κ3) is 2.90. The summed E-state index contributed by atoms with van der Waals surface area (Å²) in [7, 11) is 1.90. The maximum Gasteiger partial charge on any atom is 0.271 e. The van der Waals surface area contributed by atoms with Crippen molar-refractivity contribution in [2.45, 2.75) is 6.92 Å². The summed E-state index contributed by atoms with van der Waals surface area (Å²) in [6, 6.07) is 23.2. The highest BCUT2D eigenvalue weighted by Gasteiger charge is 2.17. The van der Waals surface area contributed by atoms with Gasteiger partial charge in [0.2, 0.25) is 0 Å². The number of hydrogen-bond acceptors (Lipinski definition) is 4. The number of nitrogens with zero attached hydrogens (tertiary/aromatic N) is 4. The van der Waals surface area contributed by atoms with Gasteiger partial charge in [-0.1, -0.05) is 42.5 Å². The standard InChI is InChI=1S/C24H18N4O2/c1-15-8-10-18-19(16-6-4-3-5-7-16)14-22(25-20(18)12-15)24-26-21-13-17(28(29)30)9-11-23(21)27(24)2/h3-14H,1-2H3. The molecule has 5 aromatic rings. The van der Waals surface area contributed by atoms with Gasteiger partial charge in [-0.2, -0.15) is 0 Å². The lowest BCUT2D eigenvalue weighted by atomic mass is 9.99. The number of fused-ring (bicyclic) bond motifs is 2. The number of hydrogen-bond donors (Lipinski definition) is 0. The predicted octanol–water partition coefficient (Wildman–Crippen LogP) is 5.67. The van der Waals surface area contributed by atoms with Crippen LogP contribution in [0.15, 0.2) is 72.8 Å². The zero-order valence-corrected chi connectivity index (χ0v) is 16.5. The molecule has 0 amide bonds. The third-order valence-electron chi connectivity index (χ3n) is 5.35. The van der Waals surface area contributed by atoms with Crippen molar-refractivity contribution in [3.05, 3.63) is 88.5 Å². The first-order chi connectivity index (χ1) is 14.5. The SMILES string of the molecule is Cc1ccc2c(-c3ccccc3)cc(-c3nc4cc([N+](=O)[O-])ccc4n3C)nc2c1. The predicted molar refractivity (Wildman–Crippen MR) is 118 cm³/mol. The number of nitro benzene ring substituents is 1. The van der Waals surface area contributed by atoms with Crippen LogP contribution < -0.4 is 0 Å². The highest BCUT2D eigenvalue weighted by molar-refractivity contribution is 5.97. The van der Waals surface area contributed by atoms with Gasteiger partial charge in [0.1, 0.15) is 5.69 Å². The molecule has 3 aromatic carbocycles. The maximum absolute atomic E-state index is 11.1. The lowest BCUT2D eigenvalue weighted by Crippen LogP contribution is -1.97. The minimum Gasteiger partial charge on any atom is -0.326 e. The normalized spacial score (nSPS) is 11.3. The van der Waals surface area contributed by atoms with Crippen molar-refractivity contribution in [2.75, 3.05) is 0 Å². The molecule has 6 heteroatoms. The van der Waals surface area contributed by atoms with Gasteiger partial charge in [0.15, 0.2) is 5.82 Å². The van der Waals surface area contributed by atoms with Gasteiger partial charge < -0.3 is 4.57 Å². The summed E-state index contributed by atoms with van der Waals surface area (Å²) in [5, 5.41) is 12.2. The number of rotatable bonds is 3. The molecule has 0 fully saturated rings. The van der Waals surface area contributed by atoms with E-state index in [0.29, 0.717) is 11.3 Å². The van der Waals surface area contributed by atoms with Gasteiger partial charge in [0.25, 0.3) is 5.69 Å². The molecule has 0 atom stereocenters. The average molecular weight is 394 g/mol. The largest absolute Gasteiger partial charge is 0.326 e. The van der Waals surface area contributed by atoms with Crippen LogP contribution in [0, 0.1) is 17.0 Å². The summed E-state index contributed by atoms with van der Waals surface area (Å²) in [5.41, 5.74) is 6.36. The fourth-order valence-corrected chi connectivity index (χ4v) is 3.84. The topological polar surface area (TPSA) is 73.8 Å². The van der Waals surface area contributed by atoms with Crippen molar-refractivity contribution in [3.8, 4) is 22.6 Å². The van der Waals surface area contributed by atoms with E-state index in [-0.39, 0.29) is 5.69 Å². The molecular formula is C24H18N4O2. The Hall–Kier alpha value is -4.06. The van der Waals surface area contributed by atoms with Gasteiger partial charge in [-0.15, -0.1) is 0 Å². The van der Waals surface area contributed by atoms with Crippen LogP contribution >= 0.6 is 0 Å². The molecule has 0 radical (unpaired) electrons. The number of aryl methyl sites for hydroxylation is 2. The van der Waals surface area contributed by atoms with Gasteiger partial charge in [-0.3, -0.25) is 10.1 Å².